The number of aromatic nitrogens is 4. The van der Waals surface area contributed by atoms with Crippen LogP contribution < -0.4 is 9.64 Å². The molecule has 0 amide bonds. The molecular weight excluding hydrogens is 720 g/mol. The van der Waals surface area contributed by atoms with Gasteiger partial charge in [0.25, 0.3) is 0 Å². The highest BCUT2D eigenvalue weighted by atomic mass is 19.1. The first-order valence-corrected chi connectivity index (χ1v) is 20.0. The normalized spacial score (nSPS) is 30.2. The van der Waals surface area contributed by atoms with Crippen molar-refractivity contribution in [3.05, 3.63) is 47.7 Å². The van der Waals surface area contributed by atoms with E-state index in [-0.39, 0.29) is 52.7 Å². The quantitative estimate of drug-likeness (QED) is 0.195. The van der Waals surface area contributed by atoms with E-state index < -0.39 is 23.3 Å². The van der Waals surface area contributed by atoms with E-state index in [2.05, 4.69) is 20.6 Å². The molecular formula is C43H44F3N7O3. The molecule has 1 aliphatic carbocycles. The van der Waals surface area contributed by atoms with E-state index in [1.54, 1.807) is 11.7 Å². The number of phenols is 1. The number of terminal acetylenes is 1. The zero-order valence-corrected chi connectivity index (χ0v) is 31.4. The van der Waals surface area contributed by atoms with E-state index in [0.29, 0.717) is 57.3 Å². The Morgan fingerprint density at radius 3 is 2.61 bits per heavy atom. The molecule has 5 aromatic rings. The minimum absolute atomic E-state index is 0.0317. The highest BCUT2D eigenvalue weighted by Crippen LogP contribution is 2.52. The number of alkyl halides is 1. The molecule has 10 nitrogen and oxygen atoms in total. The predicted molar refractivity (Wildman–Crippen MR) is 207 cm³/mol. The van der Waals surface area contributed by atoms with E-state index in [1.807, 2.05) is 6.20 Å². The molecule has 5 aliphatic heterocycles. The Hall–Kier alpha value is -4.64. The number of halogens is 3. The molecule has 1 saturated carbocycles. The average molecular weight is 764 g/mol. The molecule has 1 N–H and O–H groups in total. The van der Waals surface area contributed by atoms with Crippen molar-refractivity contribution in [2.24, 2.45) is 12.5 Å². The summed E-state index contributed by atoms with van der Waals surface area (Å²) in [5, 5.41) is 17.6. The number of piperazine rings is 1. The summed E-state index contributed by atoms with van der Waals surface area (Å²) in [5.74, 6) is 1.60. The van der Waals surface area contributed by atoms with Crippen LogP contribution in [0, 0.1) is 29.4 Å². The summed E-state index contributed by atoms with van der Waals surface area (Å²) in [6.07, 6.45) is 14.3. The number of ether oxygens (including phenoxy) is 2. The van der Waals surface area contributed by atoms with Crippen molar-refractivity contribution in [2.45, 2.75) is 81.2 Å². The number of rotatable bonds is 6. The van der Waals surface area contributed by atoms with Crippen LogP contribution in [0.3, 0.4) is 0 Å². The summed E-state index contributed by atoms with van der Waals surface area (Å²) >= 11 is 0. The lowest BCUT2D eigenvalue weighted by Crippen LogP contribution is -2.61. The van der Waals surface area contributed by atoms with Crippen LogP contribution >= 0.6 is 0 Å². The number of likely N-dealkylation sites (tertiary alicyclic amines) is 1. The Labute approximate surface area is 322 Å². The Balaban J connectivity index is 1.08. The molecule has 6 aliphatic rings. The van der Waals surface area contributed by atoms with Gasteiger partial charge in [-0.05, 0) is 86.1 Å². The third kappa shape index (κ3) is 5.11. The van der Waals surface area contributed by atoms with Gasteiger partial charge in [-0.3, -0.25) is 14.5 Å². The molecule has 56 heavy (non-hydrogen) atoms. The number of fused-ring (bicyclic) bond motifs is 7. The number of aryl methyl sites for hydroxylation is 1. The number of benzene rings is 3. The molecule has 13 heteroatoms. The fraction of sp³-hybridized carbons (Fsp3) is 0.512. The largest absolute Gasteiger partial charge is 0.508 e. The van der Waals surface area contributed by atoms with E-state index >= 15 is 8.78 Å². The summed E-state index contributed by atoms with van der Waals surface area (Å²) in [4.78, 5) is 17.2. The smallest absolute Gasteiger partial charge is 0.319 e. The zero-order valence-electron chi connectivity index (χ0n) is 31.4. The lowest BCUT2D eigenvalue weighted by Gasteiger charge is -2.53. The predicted octanol–water partition coefficient (Wildman–Crippen LogP) is 6.48. The fourth-order valence-corrected chi connectivity index (χ4v) is 11.6. The molecule has 1 spiro atoms. The van der Waals surface area contributed by atoms with Gasteiger partial charge in [-0.2, -0.15) is 15.1 Å². The maximum Gasteiger partial charge on any atom is 0.319 e. The summed E-state index contributed by atoms with van der Waals surface area (Å²) in [6.45, 7) is 4.86. The minimum atomic E-state index is -0.931. The van der Waals surface area contributed by atoms with Gasteiger partial charge >= 0.3 is 6.01 Å². The van der Waals surface area contributed by atoms with Gasteiger partial charge in [0, 0.05) is 80.4 Å². The molecule has 0 radical (unpaired) electrons. The maximum atomic E-state index is 17.9. The van der Waals surface area contributed by atoms with Gasteiger partial charge in [0.1, 0.15) is 41.2 Å². The van der Waals surface area contributed by atoms with Crippen molar-refractivity contribution >= 4 is 38.4 Å². The second-order valence-corrected chi connectivity index (χ2v) is 17.4. The van der Waals surface area contributed by atoms with Gasteiger partial charge in [-0.25, -0.2) is 13.2 Å². The van der Waals surface area contributed by atoms with Gasteiger partial charge < -0.3 is 19.5 Å². The molecule has 2 bridgehead atoms. The van der Waals surface area contributed by atoms with E-state index in [9.17, 15) is 9.50 Å². The highest BCUT2D eigenvalue weighted by Gasteiger charge is 2.53. The number of phenolic OH excluding ortho intramolecular Hbond substituents is 1. The van der Waals surface area contributed by atoms with Gasteiger partial charge in [0.15, 0.2) is 5.82 Å². The first-order valence-electron chi connectivity index (χ1n) is 20.0. The van der Waals surface area contributed by atoms with Gasteiger partial charge in [0.2, 0.25) is 0 Å². The van der Waals surface area contributed by atoms with Crippen LogP contribution in [0.5, 0.6) is 11.8 Å². The van der Waals surface area contributed by atoms with Crippen LogP contribution in [0.15, 0.2) is 30.5 Å². The van der Waals surface area contributed by atoms with Crippen LogP contribution in [0.4, 0.5) is 19.0 Å². The molecule has 3 aromatic carbocycles. The molecule has 7 heterocycles. The molecule has 11 rings (SSSR count). The Kier molecular flexibility index (Phi) is 7.68. The molecule has 6 fully saturated rings. The highest BCUT2D eigenvalue weighted by molar-refractivity contribution is 6.18. The second-order valence-electron chi connectivity index (χ2n) is 17.4. The lowest BCUT2D eigenvalue weighted by molar-refractivity contribution is -0.0148. The fourth-order valence-electron chi connectivity index (χ4n) is 11.6. The monoisotopic (exact) mass is 763 g/mol. The first kappa shape index (κ1) is 34.6. The number of hydrogen-bond acceptors (Lipinski definition) is 9. The van der Waals surface area contributed by atoms with Crippen molar-refractivity contribution in [1.82, 2.24) is 29.5 Å². The summed E-state index contributed by atoms with van der Waals surface area (Å²) in [5.41, 5.74) is 0.448. The third-order valence-electron chi connectivity index (χ3n) is 14.1. The van der Waals surface area contributed by atoms with Gasteiger partial charge in [-0.15, -0.1) is 6.42 Å². The molecule has 2 aromatic heterocycles. The van der Waals surface area contributed by atoms with Crippen LogP contribution in [0.2, 0.25) is 0 Å². The van der Waals surface area contributed by atoms with Gasteiger partial charge in [0.05, 0.1) is 23.1 Å². The van der Waals surface area contributed by atoms with Crippen molar-refractivity contribution in [3.63, 3.8) is 0 Å². The van der Waals surface area contributed by atoms with E-state index in [4.69, 9.17) is 31.0 Å². The zero-order chi connectivity index (χ0) is 38.1. The van der Waals surface area contributed by atoms with Gasteiger partial charge in [-0.1, -0.05) is 12.0 Å². The third-order valence-corrected chi connectivity index (χ3v) is 14.1. The number of hydrogen-bond donors (Lipinski definition) is 1. The van der Waals surface area contributed by atoms with Crippen LogP contribution in [0.25, 0.3) is 43.7 Å². The second kappa shape index (κ2) is 12.4. The van der Waals surface area contributed by atoms with Crippen molar-refractivity contribution < 1.29 is 27.8 Å². The summed E-state index contributed by atoms with van der Waals surface area (Å²) in [6, 6.07) is 6.51. The molecule has 5 saturated heterocycles. The Morgan fingerprint density at radius 1 is 1.02 bits per heavy atom. The van der Waals surface area contributed by atoms with E-state index in [1.165, 1.54) is 37.1 Å². The van der Waals surface area contributed by atoms with Crippen LogP contribution in [-0.4, -0.2) is 110 Å². The molecule has 290 valence electrons. The maximum absolute atomic E-state index is 17.9. The molecule has 0 unspecified atom stereocenters. The van der Waals surface area contributed by atoms with E-state index in [0.717, 1.165) is 65.0 Å². The summed E-state index contributed by atoms with van der Waals surface area (Å²) in [7, 11) is 1.77. The first-order chi connectivity index (χ1) is 27.1. The van der Waals surface area contributed by atoms with Crippen molar-refractivity contribution in [2.75, 3.05) is 50.9 Å². The minimum Gasteiger partial charge on any atom is -0.508 e. The van der Waals surface area contributed by atoms with Crippen LogP contribution in [0.1, 0.15) is 56.9 Å². The standard InChI is InChI=1S/C43H44F3N7O3/c1-3-30-33(45)8-5-24-13-29(54)14-31(34(24)30)35-37(46)39-36(32-21-50(2)49-38(32)35)40(48-41(47-39)56-23-43-9-4-11-52(43)18-25(44)15-43)53-26-6-7-27(53)20-51(19-26)28-16-42(17-28)10-12-55-22-42/h1,5,8,13-14,21,25-28,54H,4,6-7,9-12,15-20,22-23H2,2H3/t25-,26-,27+,28?,42?,43+/m1/s1. The average Bonchev–Trinajstić information content (AvgIpc) is 3.98. The molecule has 4 atom stereocenters. The lowest BCUT2D eigenvalue weighted by atomic mass is 9.64. The number of anilines is 1. The Morgan fingerprint density at radius 2 is 1.84 bits per heavy atom. The number of aromatic hydroxyl groups is 1. The topological polar surface area (TPSA) is 92.0 Å². The van der Waals surface area contributed by atoms with Crippen molar-refractivity contribution in [3.8, 4) is 35.2 Å². The SMILES string of the molecule is C#Cc1c(F)ccc2cc(O)cc(-c3c(F)c4nc(OC[C@@]56CCCN5C[C@H](F)C6)nc(N5[C@@H]6CC[C@H]5CN(C5CC7(CCOC7)C5)C6)c4c4cn(C)nc34)c12. The number of nitrogens with zero attached hydrogens (tertiary/aromatic N) is 7. The Bertz CT molecular complexity index is 2470. The van der Waals surface area contributed by atoms with Crippen LogP contribution in [-0.2, 0) is 11.8 Å². The summed E-state index contributed by atoms with van der Waals surface area (Å²) < 4.78 is 61.9. The van der Waals surface area contributed by atoms with Crippen molar-refractivity contribution in [1.29, 1.82) is 0 Å².